The van der Waals surface area contributed by atoms with Crippen molar-refractivity contribution in [1.82, 2.24) is 5.32 Å². The number of hydrogen-bond acceptors (Lipinski definition) is 3. The van der Waals surface area contributed by atoms with Gasteiger partial charge in [-0.15, -0.1) is 11.3 Å². The molecule has 114 valence electrons. The number of methoxy groups -OCH3 is 1. The van der Waals surface area contributed by atoms with E-state index in [2.05, 4.69) is 12.2 Å². The number of ether oxygens (including phenoxy) is 1. The number of halogens is 3. The molecule has 21 heavy (non-hydrogen) atoms. The molecule has 0 fully saturated rings. The van der Waals surface area contributed by atoms with Gasteiger partial charge in [0.15, 0.2) is 0 Å². The highest BCUT2D eigenvalue weighted by Crippen LogP contribution is 2.37. The fourth-order valence-corrected chi connectivity index (χ4v) is 4.03. The van der Waals surface area contributed by atoms with Gasteiger partial charge in [-0.05, 0) is 42.8 Å². The van der Waals surface area contributed by atoms with E-state index < -0.39 is 0 Å². The number of benzene rings is 1. The highest BCUT2D eigenvalue weighted by atomic mass is 35.5. The Hall–Kier alpha value is -0.450. The minimum absolute atomic E-state index is 0.0682. The summed E-state index contributed by atoms with van der Waals surface area (Å²) in [4.78, 5) is 0. The molecule has 1 aromatic heterocycles. The van der Waals surface area contributed by atoms with Gasteiger partial charge < -0.3 is 10.1 Å². The average molecular weight is 365 g/mol. The second-order valence-corrected chi connectivity index (χ2v) is 7.27. The maximum Gasteiger partial charge on any atom is 0.122 e. The first-order valence-electron chi connectivity index (χ1n) is 6.55. The molecular formula is C15H16Cl3NOS. The third-order valence-corrected chi connectivity index (χ3v) is 4.93. The predicted octanol–water partition coefficient (Wildman–Crippen LogP) is 5.61. The summed E-state index contributed by atoms with van der Waals surface area (Å²) in [5.41, 5.74) is 2.05. The Morgan fingerprint density at radius 1 is 1.24 bits per heavy atom. The number of thiophene rings is 1. The highest BCUT2D eigenvalue weighted by molar-refractivity contribution is 7.20. The second kappa shape index (κ2) is 7.70. The molecule has 0 aliphatic rings. The molecule has 1 N–H and O–H groups in total. The Labute approximate surface area is 144 Å². The summed E-state index contributed by atoms with van der Waals surface area (Å²) in [7, 11) is 1.66. The van der Waals surface area contributed by atoms with E-state index in [9.17, 15) is 0 Å². The van der Waals surface area contributed by atoms with Crippen molar-refractivity contribution in [2.45, 2.75) is 19.4 Å². The molecular weight excluding hydrogens is 349 g/mol. The third-order valence-electron chi connectivity index (χ3n) is 3.18. The molecule has 0 bridgehead atoms. The van der Waals surface area contributed by atoms with Crippen molar-refractivity contribution in [3.8, 4) is 5.75 Å². The van der Waals surface area contributed by atoms with Crippen LogP contribution in [0.4, 0.5) is 0 Å². The lowest BCUT2D eigenvalue weighted by Crippen LogP contribution is -2.23. The lowest BCUT2D eigenvalue weighted by atomic mass is 10.0. The summed E-state index contributed by atoms with van der Waals surface area (Å²) in [6.07, 6.45) is 0.727. The zero-order valence-corrected chi connectivity index (χ0v) is 14.8. The Bertz CT molecular complexity index is 615. The van der Waals surface area contributed by atoms with E-state index in [1.165, 1.54) is 11.3 Å². The topological polar surface area (TPSA) is 21.3 Å². The van der Waals surface area contributed by atoms with E-state index in [-0.39, 0.29) is 6.04 Å². The Morgan fingerprint density at radius 3 is 2.57 bits per heavy atom. The second-order valence-electron chi connectivity index (χ2n) is 4.55. The number of hydrogen-bond donors (Lipinski definition) is 1. The van der Waals surface area contributed by atoms with Crippen LogP contribution in [0.25, 0.3) is 0 Å². The van der Waals surface area contributed by atoms with Crippen LogP contribution < -0.4 is 10.1 Å². The SMILES string of the molecule is CCNC(Cc1cc(Cl)ccc1OC)c1cc(Cl)sc1Cl. The van der Waals surface area contributed by atoms with Gasteiger partial charge in [-0.25, -0.2) is 0 Å². The molecule has 1 atom stereocenters. The summed E-state index contributed by atoms with van der Waals surface area (Å²) >= 11 is 19.8. The van der Waals surface area contributed by atoms with Gasteiger partial charge in [0.25, 0.3) is 0 Å². The molecule has 1 aromatic carbocycles. The predicted molar refractivity (Wildman–Crippen MR) is 92.5 cm³/mol. The van der Waals surface area contributed by atoms with Crippen LogP contribution in [0.2, 0.25) is 13.7 Å². The summed E-state index contributed by atoms with van der Waals surface area (Å²) in [5, 5.41) is 4.13. The van der Waals surface area contributed by atoms with Crippen molar-refractivity contribution in [1.29, 1.82) is 0 Å². The molecule has 2 rings (SSSR count). The van der Waals surface area contributed by atoms with Crippen LogP contribution in [-0.4, -0.2) is 13.7 Å². The van der Waals surface area contributed by atoms with Gasteiger partial charge in [-0.3, -0.25) is 0 Å². The first kappa shape index (κ1) is 16.9. The van der Waals surface area contributed by atoms with Crippen molar-refractivity contribution >= 4 is 46.1 Å². The van der Waals surface area contributed by atoms with Crippen molar-refractivity contribution < 1.29 is 4.74 Å². The molecule has 0 aliphatic heterocycles. The lowest BCUT2D eigenvalue weighted by Gasteiger charge is -2.19. The molecule has 0 saturated carbocycles. The minimum Gasteiger partial charge on any atom is -0.496 e. The lowest BCUT2D eigenvalue weighted by molar-refractivity contribution is 0.405. The van der Waals surface area contributed by atoms with E-state index in [0.29, 0.717) is 13.7 Å². The van der Waals surface area contributed by atoms with Gasteiger partial charge in [0.05, 0.1) is 15.8 Å². The van der Waals surface area contributed by atoms with Gasteiger partial charge in [0.2, 0.25) is 0 Å². The van der Waals surface area contributed by atoms with E-state index in [0.717, 1.165) is 29.8 Å². The quantitative estimate of drug-likeness (QED) is 0.719. The summed E-state index contributed by atoms with van der Waals surface area (Å²) < 4.78 is 6.81. The van der Waals surface area contributed by atoms with E-state index in [1.807, 2.05) is 24.3 Å². The fourth-order valence-electron chi connectivity index (χ4n) is 2.26. The largest absolute Gasteiger partial charge is 0.496 e. The fraction of sp³-hybridized carbons (Fsp3) is 0.333. The summed E-state index contributed by atoms with van der Waals surface area (Å²) in [5.74, 6) is 0.819. The zero-order valence-electron chi connectivity index (χ0n) is 11.8. The first-order chi connectivity index (χ1) is 10.0. The third kappa shape index (κ3) is 4.27. The monoisotopic (exact) mass is 363 g/mol. The molecule has 0 spiro atoms. The minimum atomic E-state index is 0.0682. The molecule has 0 radical (unpaired) electrons. The summed E-state index contributed by atoms with van der Waals surface area (Å²) in [6.45, 7) is 2.89. The van der Waals surface area contributed by atoms with E-state index in [1.54, 1.807) is 7.11 Å². The van der Waals surface area contributed by atoms with Crippen LogP contribution in [0.5, 0.6) is 5.75 Å². The van der Waals surface area contributed by atoms with Crippen molar-refractivity contribution in [2.75, 3.05) is 13.7 Å². The zero-order chi connectivity index (χ0) is 15.4. The molecule has 0 saturated heterocycles. The number of rotatable bonds is 6. The average Bonchev–Trinajstić information content (AvgIpc) is 2.77. The maximum absolute atomic E-state index is 6.28. The molecule has 0 amide bonds. The van der Waals surface area contributed by atoms with Gasteiger partial charge in [-0.1, -0.05) is 41.7 Å². The Morgan fingerprint density at radius 2 is 2.00 bits per heavy atom. The highest BCUT2D eigenvalue weighted by Gasteiger charge is 2.19. The van der Waals surface area contributed by atoms with Crippen LogP contribution in [0.1, 0.15) is 24.1 Å². The molecule has 2 aromatic rings. The Balaban J connectivity index is 2.32. The molecule has 0 aliphatic carbocycles. The first-order valence-corrected chi connectivity index (χ1v) is 8.50. The molecule has 1 unspecified atom stereocenters. The Kier molecular flexibility index (Phi) is 6.20. The van der Waals surface area contributed by atoms with Gasteiger partial charge in [0.1, 0.15) is 5.75 Å². The summed E-state index contributed by atoms with van der Waals surface area (Å²) in [6, 6.07) is 7.60. The van der Waals surface area contributed by atoms with Crippen LogP contribution in [-0.2, 0) is 6.42 Å². The molecule has 6 heteroatoms. The van der Waals surface area contributed by atoms with Crippen LogP contribution in [0, 0.1) is 0 Å². The van der Waals surface area contributed by atoms with Crippen LogP contribution in [0.15, 0.2) is 24.3 Å². The van der Waals surface area contributed by atoms with E-state index >= 15 is 0 Å². The van der Waals surface area contributed by atoms with Gasteiger partial charge in [-0.2, -0.15) is 0 Å². The molecule has 2 nitrogen and oxygen atoms in total. The van der Waals surface area contributed by atoms with Crippen molar-refractivity contribution in [3.05, 3.63) is 49.1 Å². The smallest absolute Gasteiger partial charge is 0.122 e. The van der Waals surface area contributed by atoms with Crippen LogP contribution >= 0.6 is 46.1 Å². The van der Waals surface area contributed by atoms with E-state index in [4.69, 9.17) is 39.5 Å². The normalized spacial score (nSPS) is 12.4. The number of likely N-dealkylation sites (N-methyl/N-ethyl adjacent to an activating group) is 1. The van der Waals surface area contributed by atoms with Gasteiger partial charge >= 0.3 is 0 Å². The standard InChI is InChI=1S/C15H16Cl3NOS/c1-3-19-12(11-8-14(17)21-15(11)18)7-9-6-10(16)4-5-13(9)20-2/h4-6,8,12,19H,3,7H2,1-2H3. The van der Waals surface area contributed by atoms with Crippen molar-refractivity contribution in [2.24, 2.45) is 0 Å². The van der Waals surface area contributed by atoms with Crippen molar-refractivity contribution in [3.63, 3.8) is 0 Å². The molecule has 1 heterocycles. The van der Waals surface area contributed by atoms with Gasteiger partial charge in [0, 0.05) is 16.6 Å². The maximum atomic E-state index is 6.28. The number of nitrogens with one attached hydrogen (secondary N) is 1. The van der Waals surface area contributed by atoms with Crippen LogP contribution in [0.3, 0.4) is 0 Å².